The molecular weight excluding hydrogens is 261 g/mol. The first-order chi connectivity index (χ1) is 9.00. The first-order valence-corrected chi connectivity index (χ1v) is 8.00. The fraction of sp³-hybridized carbons (Fsp3) is 1.00. The maximum absolute atomic E-state index is 5.25. The predicted octanol–water partition coefficient (Wildman–Crippen LogP) is 1.57. The van der Waals surface area contributed by atoms with E-state index in [4.69, 9.17) is 1.34 Å². The Hall–Kier alpha value is 1.63. The molecule has 0 bridgehead atoms. The molecule has 0 aromatic heterocycles. The second-order valence-corrected chi connectivity index (χ2v) is 0. The maximum Gasteiger partial charge on any atom is 1.00 e. The van der Waals surface area contributed by atoms with Crippen LogP contribution in [0.5, 0.6) is 0 Å². The van der Waals surface area contributed by atoms with Crippen LogP contribution in [-0.2, 0) is 0 Å². The molecule has 0 spiro atoms. The Bertz CT molecular complexity index is 22.4. The molecule has 0 aromatic rings. The van der Waals surface area contributed by atoms with Crippen molar-refractivity contribution in [2.75, 3.05) is 0 Å². The van der Waals surface area contributed by atoms with Crippen molar-refractivity contribution in [2.24, 2.45) is 0 Å². The van der Waals surface area contributed by atoms with Gasteiger partial charge in [0.05, 0.1) is 0 Å². The summed E-state index contributed by atoms with van der Waals surface area (Å²) in [6, 6.07) is 0. The summed E-state index contributed by atoms with van der Waals surface area (Å²) >= 11 is 0. The molecule has 0 N–H and O–H groups in total. The number of halogens is 1. The van der Waals surface area contributed by atoms with Crippen molar-refractivity contribution < 1.29 is 56.1 Å². The molecule has 0 nitrogen and oxygen atoms in total. The van der Waals surface area contributed by atoms with Crippen molar-refractivity contribution in [3.8, 4) is 0 Å². The molecule has 19 heavy (non-hydrogen) atoms. The van der Waals surface area contributed by atoms with Gasteiger partial charge in [-0.2, -0.15) is 0 Å². The van der Waals surface area contributed by atoms with Gasteiger partial charge in [-0.15, -0.1) is 0 Å². The van der Waals surface area contributed by atoms with E-state index < -0.39 is 0 Å². The molecule has 0 saturated carbocycles. The fourth-order valence-corrected chi connectivity index (χ4v) is 0. The summed E-state index contributed by atoms with van der Waals surface area (Å²) in [6.45, 7) is 32.0. The summed E-state index contributed by atoms with van der Waals surface area (Å²) in [5.41, 5.74) is 0. The summed E-state index contributed by atoms with van der Waals surface area (Å²) in [5, 5.41) is 0. The largest absolute Gasteiger partial charge is 1.00 e. The van der Waals surface area contributed by atoms with Gasteiger partial charge in [-0.1, -0.05) is 111 Å². The monoisotopic (exact) mass is 311 g/mol. The molecule has 0 rings (SSSR count). The van der Waals surface area contributed by atoms with E-state index >= 15 is 0 Å². The number of hydrogen-bond donors (Lipinski definition) is 0. The Morgan fingerprint density at radius 1 is 0.368 bits per heavy atom. The zero-order valence-electron chi connectivity index (χ0n) is 19.0. The summed E-state index contributed by atoms with van der Waals surface area (Å²) < 4.78 is 5.25. The Labute approximate surface area is 175 Å². The van der Waals surface area contributed by atoms with Gasteiger partial charge in [0.1, 0.15) is 0 Å². The summed E-state index contributed by atoms with van der Waals surface area (Å²) in [4.78, 5) is 0. The minimum atomic E-state index is 0. The number of rotatable bonds is 0. The Morgan fingerprint density at radius 3 is 0.368 bits per heavy atom. The van der Waals surface area contributed by atoms with Crippen LogP contribution in [0.3, 0.4) is 0 Å². The number of hydrogen-bond acceptors (Lipinski definition) is 0. The van der Waals surface area contributed by atoms with Gasteiger partial charge in [0, 0.05) is 8.38 Å². The van der Waals surface area contributed by atoms with E-state index in [1.807, 2.05) is 111 Å². The molecule has 0 saturated heterocycles. The first kappa shape index (κ1) is 70.3. The molecule has 0 fully saturated rings. The topological polar surface area (TPSA) is 0 Å². The third-order valence-electron chi connectivity index (χ3n) is 0. The molecule has 0 atom stereocenters. The van der Waals surface area contributed by atoms with Crippen molar-refractivity contribution >= 4 is 8.38 Å². The van der Waals surface area contributed by atoms with Crippen LogP contribution in [0.1, 0.15) is 111 Å². The molecule has 0 aliphatic heterocycles. The SMILES string of the molecule is CC.CC.CC.CC.CC.CC.CC.CC.[2H][B].[F-].[K+]. The molecule has 0 heterocycles. The maximum atomic E-state index is 5.25. The minimum absolute atomic E-state index is 0. The van der Waals surface area contributed by atoms with Crippen LogP contribution < -0.4 is 56.1 Å². The van der Waals surface area contributed by atoms with Crippen LogP contribution in [0.15, 0.2) is 0 Å². The second kappa shape index (κ2) is 2560. The molecule has 3 heteroatoms. The summed E-state index contributed by atoms with van der Waals surface area (Å²) in [7, 11) is 3.75. The quantitative estimate of drug-likeness (QED) is 0.596. The molecule has 0 unspecified atom stereocenters. The molecule has 0 aliphatic carbocycles. The standard InChI is InChI=1S/8C2H6.BH.FH.K/c8*1-2;;;/h8*1-2H3;2*1H;/q;;;;;;;;;;+1/p-1/i;;;;;;;;1D;;. The van der Waals surface area contributed by atoms with Crippen molar-refractivity contribution in [2.45, 2.75) is 111 Å². The Morgan fingerprint density at radius 2 is 0.368 bits per heavy atom. The Balaban J connectivity index is -0.00000000500. The second-order valence-electron chi connectivity index (χ2n) is 0. The van der Waals surface area contributed by atoms with E-state index in [0.717, 1.165) is 0 Å². The van der Waals surface area contributed by atoms with Gasteiger partial charge < -0.3 is 4.70 Å². The van der Waals surface area contributed by atoms with Gasteiger partial charge in [0.2, 0.25) is 0 Å². The van der Waals surface area contributed by atoms with Crippen LogP contribution >= 0.6 is 0 Å². The predicted molar refractivity (Wildman–Crippen MR) is 97.9 cm³/mol. The van der Waals surface area contributed by atoms with Crippen LogP contribution in [0, 0.1) is 0 Å². The van der Waals surface area contributed by atoms with Gasteiger partial charge in [0.15, 0.2) is 0 Å². The molecular formula is C16H49BFK. The van der Waals surface area contributed by atoms with E-state index in [0.29, 0.717) is 0 Å². The van der Waals surface area contributed by atoms with Crippen LogP contribution in [0.25, 0.3) is 0 Å². The van der Waals surface area contributed by atoms with Crippen LogP contribution in [0.2, 0.25) is 0 Å². The third kappa shape index (κ3) is 2290. The van der Waals surface area contributed by atoms with Crippen molar-refractivity contribution in [1.29, 1.82) is 1.34 Å². The Kier molecular flexibility index (Phi) is 9480. The van der Waals surface area contributed by atoms with E-state index in [9.17, 15) is 0 Å². The van der Waals surface area contributed by atoms with Crippen molar-refractivity contribution in [3.63, 3.8) is 0 Å². The van der Waals surface area contributed by atoms with E-state index in [-0.39, 0.29) is 56.1 Å². The minimum Gasteiger partial charge on any atom is -1.00 e. The summed E-state index contributed by atoms with van der Waals surface area (Å²) in [5.74, 6) is 0. The first-order valence-electron chi connectivity index (χ1n) is 8.58. The van der Waals surface area contributed by atoms with Crippen LogP contribution in [-0.4, -0.2) is 9.71 Å². The molecule has 0 aromatic carbocycles. The molecule has 2 radical (unpaired) electrons. The fourth-order valence-electron chi connectivity index (χ4n) is 0. The van der Waals surface area contributed by atoms with Gasteiger partial charge in [-0.3, -0.25) is 0 Å². The zero-order chi connectivity index (χ0) is 18.0. The van der Waals surface area contributed by atoms with Gasteiger partial charge in [0.25, 0.3) is 0 Å². The van der Waals surface area contributed by atoms with Gasteiger partial charge in [-0.05, 0) is 1.34 Å². The third-order valence-corrected chi connectivity index (χ3v) is 0. The van der Waals surface area contributed by atoms with E-state index in [2.05, 4.69) is 8.38 Å². The molecule has 124 valence electrons. The van der Waals surface area contributed by atoms with Crippen molar-refractivity contribution in [1.82, 2.24) is 0 Å². The molecule has 0 aliphatic rings. The van der Waals surface area contributed by atoms with Gasteiger partial charge >= 0.3 is 51.4 Å². The molecule has 0 amide bonds. The van der Waals surface area contributed by atoms with Gasteiger partial charge in [-0.25, -0.2) is 0 Å². The van der Waals surface area contributed by atoms with E-state index in [1.165, 1.54) is 0 Å². The van der Waals surface area contributed by atoms with Crippen molar-refractivity contribution in [3.05, 3.63) is 0 Å². The summed E-state index contributed by atoms with van der Waals surface area (Å²) in [6.07, 6.45) is 0. The smallest absolute Gasteiger partial charge is 1.00 e. The average molecular weight is 311 g/mol. The van der Waals surface area contributed by atoms with Crippen LogP contribution in [0.4, 0.5) is 0 Å². The normalized spacial score (nSPS) is 2.84. The van der Waals surface area contributed by atoms with E-state index in [1.54, 1.807) is 0 Å². The average Bonchev–Trinajstić information content (AvgIpc) is 2.63. The zero-order valence-corrected chi connectivity index (χ0v) is 21.1.